The summed E-state index contributed by atoms with van der Waals surface area (Å²) in [6, 6.07) is 8.42. The van der Waals surface area contributed by atoms with Crippen molar-refractivity contribution in [3.8, 4) is 5.00 Å². The first-order chi connectivity index (χ1) is 11.6. The highest BCUT2D eigenvalue weighted by atomic mass is 32.1. The van der Waals surface area contributed by atoms with Crippen LogP contribution >= 0.6 is 11.3 Å². The van der Waals surface area contributed by atoms with Crippen LogP contribution in [0.2, 0.25) is 0 Å². The van der Waals surface area contributed by atoms with Gasteiger partial charge < -0.3 is 5.32 Å². The molecule has 2 aromatic heterocycles. The second-order valence-electron chi connectivity index (χ2n) is 5.95. The number of aromatic nitrogens is 3. The Hall–Kier alpha value is -2.47. The number of hydrogen-bond acceptors (Lipinski definition) is 5. The molecule has 0 bridgehead atoms. The van der Waals surface area contributed by atoms with Crippen LogP contribution in [0.1, 0.15) is 33.2 Å². The van der Waals surface area contributed by atoms with Crippen molar-refractivity contribution < 1.29 is 0 Å². The molecular formula is C18H19N5S. The van der Waals surface area contributed by atoms with E-state index in [0.29, 0.717) is 6.54 Å². The summed E-state index contributed by atoms with van der Waals surface area (Å²) in [6.45, 7) is 6.88. The zero-order chi connectivity index (χ0) is 16.8. The fourth-order valence-corrected chi connectivity index (χ4v) is 4.30. The number of benzene rings is 1. The average Bonchev–Trinajstić information content (AvgIpc) is 3.03. The van der Waals surface area contributed by atoms with Crippen LogP contribution in [0.15, 0.2) is 29.3 Å². The highest BCUT2D eigenvalue weighted by molar-refractivity contribution is 7.15. The lowest BCUT2D eigenvalue weighted by atomic mass is 9.99. The van der Waals surface area contributed by atoms with Gasteiger partial charge in [0.05, 0.1) is 5.71 Å². The summed E-state index contributed by atoms with van der Waals surface area (Å²) >= 11 is 1.79. The van der Waals surface area contributed by atoms with E-state index in [2.05, 4.69) is 58.2 Å². The van der Waals surface area contributed by atoms with Gasteiger partial charge in [-0.1, -0.05) is 12.1 Å². The van der Waals surface area contributed by atoms with E-state index in [0.717, 1.165) is 28.6 Å². The molecule has 0 fully saturated rings. The van der Waals surface area contributed by atoms with Crippen molar-refractivity contribution in [1.82, 2.24) is 14.8 Å². The summed E-state index contributed by atoms with van der Waals surface area (Å²) in [7, 11) is 1.93. The summed E-state index contributed by atoms with van der Waals surface area (Å²) in [5.74, 6) is 1.81. The third-order valence-corrected chi connectivity index (χ3v) is 5.72. The largest absolute Gasteiger partial charge is 0.388 e. The van der Waals surface area contributed by atoms with E-state index in [9.17, 15) is 0 Å². The standard InChI is InChI=1S/C18H19N5S/c1-10-11(2)24-18-16(10)17(13-5-7-14(19-4)8-6-13)20-9-15-22-21-12(3)23(15)18/h5-8,19H,9H2,1-4H3. The van der Waals surface area contributed by atoms with Gasteiger partial charge in [0.1, 0.15) is 17.4 Å². The van der Waals surface area contributed by atoms with Crippen molar-refractivity contribution in [2.24, 2.45) is 4.99 Å². The number of thiophene rings is 1. The molecule has 6 heteroatoms. The lowest BCUT2D eigenvalue weighted by molar-refractivity contribution is 0.869. The Morgan fingerprint density at radius 3 is 2.54 bits per heavy atom. The second kappa shape index (κ2) is 5.56. The van der Waals surface area contributed by atoms with E-state index in [1.54, 1.807) is 11.3 Å². The Bertz CT molecular complexity index is 947. The van der Waals surface area contributed by atoms with Crippen LogP contribution in [0.3, 0.4) is 0 Å². The summed E-state index contributed by atoms with van der Waals surface area (Å²) in [5, 5.41) is 12.9. The van der Waals surface area contributed by atoms with Crippen LogP contribution in [0.25, 0.3) is 5.00 Å². The topological polar surface area (TPSA) is 55.1 Å². The molecule has 1 N–H and O–H groups in total. The first-order valence-corrected chi connectivity index (χ1v) is 8.76. The maximum absolute atomic E-state index is 4.90. The predicted octanol–water partition coefficient (Wildman–Crippen LogP) is 3.65. The molecule has 0 saturated carbocycles. The molecule has 3 heterocycles. The first kappa shape index (κ1) is 15.1. The van der Waals surface area contributed by atoms with Crippen LogP contribution in [-0.4, -0.2) is 27.5 Å². The quantitative estimate of drug-likeness (QED) is 0.776. The Kier molecular flexibility index (Phi) is 3.49. The van der Waals surface area contributed by atoms with E-state index in [1.165, 1.54) is 21.0 Å². The molecule has 0 radical (unpaired) electrons. The van der Waals surface area contributed by atoms with Crippen LogP contribution in [0.4, 0.5) is 5.69 Å². The maximum atomic E-state index is 4.90. The normalized spacial score (nSPS) is 13.1. The molecule has 0 aliphatic carbocycles. The smallest absolute Gasteiger partial charge is 0.160 e. The molecule has 1 aromatic carbocycles. The van der Waals surface area contributed by atoms with Crippen molar-refractivity contribution >= 4 is 22.7 Å². The minimum absolute atomic E-state index is 0.545. The molecule has 122 valence electrons. The monoisotopic (exact) mass is 337 g/mol. The Morgan fingerprint density at radius 2 is 1.83 bits per heavy atom. The summed E-state index contributed by atoms with van der Waals surface area (Å²) in [5.41, 5.74) is 5.76. The number of aryl methyl sites for hydroxylation is 2. The molecular weight excluding hydrogens is 318 g/mol. The zero-order valence-corrected chi connectivity index (χ0v) is 15.0. The van der Waals surface area contributed by atoms with E-state index in [1.807, 2.05) is 14.0 Å². The van der Waals surface area contributed by atoms with Crippen LogP contribution in [0.5, 0.6) is 0 Å². The van der Waals surface area contributed by atoms with Crippen LogP contribution in [-0.2, 0) is 6.54 Å². The highest BCUT2D eigenvalue weighted by Crippen LogP contribution is 2.36. The average molecular weight is 337 g/mol. The van der Waals surface area contributed by atoms with Gasteiger partial charge in [0.2, 0.25) is 0 Å². The molecule has 0 spiro atoms. The van der Waals surface area contributed by atoms with E-state index >= 15 is 0 Å². The molecule has 0 unspecified atom stereocenters. The molecule has 0 amide bonds. The Balaban J connectivity index is 1.95. The highest BCUT2D eigenvalue weighted by Gasteiger charge is 2.26. The molecule has 5 nitrogen and oxygen atoms in total. The zero-order valence-electron chi connectivity index (χ0n) is 14.2. The fourth-order valence-electron chi connectivity index (χ4n) is 3.08. The molecule has 1 aliphatic rings. The van der Waals surface area contributed by atoms with Crippen molar-refractivity contribution in [1.29, 1.82) is 0 Å². The number of nitrogens with one attached hydrogen (secondary N) is 1. The number of aliphatic imine (C=N–C) groups is 1. The van der Waals surface area contributed by atoms with Gasteiger partial charge in [0.15, 0.2) is 5.82 Å². The fraction of sp³-hybridized carbons (Fsp3) is 0.278. The van der Waals surface area contributed by atoms with Gasteiger partial charge in [0, 0.05) is 28.7 Å². The molecule has 0 saturated heterocycles. The van der Waals surface area contributed by atoms with E-state index in [-0.39, 0.29) is 0 Å². The molecule has 3 aromatic rings. The lowest BCUT2D eigenvalue weighted by Crippen LogP contribution is -2.07. The molecule has 1 aliphatic heterocycles. The number of fused-ring (bicyclic) bond motifs is 3. The number of anilines is 1. The minimum atomic E-state index is 0.545. The van der Waals surface area contributed by atoms with Gasteiger partial charge in [-0.05, 0) is 38.5 Å². The number of hydrogen-bond donors (Lipinski definition) is 1. The molecule has 0 atom stereocenters. The molecule has 24 heavy (non-hydrogen) atoms. The summed E-state index contributed by atoms with van der Waals surface area (Å²) < 4.78 is 2.15. The molecule has 4 rings (SSSR count). The van der Waals surface area contributed by atoms with Crippen molar-refractivity contribution in [2.75, 3.05) is 12.4 Å². The van der Waals surface area contributed by atoms with Gasteiger partial charge in [-0.2, -0.15) is 0 Å². The maximum Gasteiger partial charge on any atom is 0.160 e. The van der Waals surface area contributed by atoms with Gasteiger partial charge >= 0.3 is 0 Å². The Morgan fingerprint density at radius 1 is 1.08 bits per heavy atom. The second-order valence-corrected chi connectivity index (χ2v) is 7.16. The van der Waals surface area contributed by atoms with Gasteiger partial charge in [-0.3, -0.25) is 9.56 Å². The third kappa shape index (κ3) is 2.17. The van der Waals surface area contributed by atoms with Gasteiger partial charge in [-0.25, -0.2) is 0 Å². The van der Waals surface area contributed by atoms with Crippen LogP contribution in [0, 0.1) is 20.8 Å². The lowest BCUT2D eigenvalue weighted by Gasteiger charge is -2.10. The third-order valence-electron chi connectivity index (χ3n) is 4.52. The first-order valence-electron chi connectivity index (χ1n) is 7.94. The Labute approximate surface area is 145 Å². The summed E-state index contributed by atoms with van der Waals surface area (Å²) in [6.07, 6.45) is 0. The minimum Gasteiger partial charge on any atom is -0.388 e. The number of rotatable bonds is 2. The van der Waals surface area contributed by atoms with E-state index < -0.39 is 0 Å². The number of nitrogens with zero attached hydrogens (tertiary/aromatic N) is 4. The van der Waals surface area contributed by atoms with Crippen molar-refractivity contribution in [3.05, 3.63) is 57.5 Å². The van der Waals surface area contributed by atoms with Crippen LogP contribution < -0.4 is 5.32 Å². The van der Waals surface area contributed by atoms with Gasteiger partial charge in [-0.15, -0.1) is 21.5 Å². The summed E-state index contributed by atoms with van der Waals surface area (Å²) in [4.78, 5) is 6.20. The SMILES string of the molecule is CNc1ccc(C2=NCc3nnc(C)n3-c3sc(C)c(C)c32)cc1. The predicted molar refractivity (Wildman–Crippen MR) is 98.8 cm³/mol. The van der Waals surface area contributed by atoms with Crippen molar-refractivity contribution in [3.63, 3.8) is 0 Å². The van der Waals surface area contributed by atoms with Crippen molar-refractivity contribution in [2.45, 2.75) is 27.3 Å². The van der Waals surface area contributed by atoms with E-state index in [4.69, 9.17) is 4.99 Å². The van der Waals surface area contributed by atoms with Gasteiger partial charge in [0.25, 0.3) is 0 Å².